The van der Waals surface area contributed by atoms with Crippen LogP contribution in [0.2, 0.25) is 0 Å². The maximum Gasteiger partial charge on any atom is 0.309 e. The van der Waals surface area contributed by atoms with Crippen LogP contribution < -0.4 is 14.2 Å². The lowest BCUT2D eigenvalue weighted by atomic mass is 9.74. The van der Waals surface area contributed by atoms with E-state index < -0.39 is 35.6 Å². The van der Waals surface area contributed by atoms with E-state index in [4.69, 9.17) is 18.9 Å². The van der Waals surface area contributed by atoms with Crippen LogP contribution in [0.25, 0.3) is 0 Å². The molecular weight excluding hydrogens is 493 g/mol. The van der Waals surface area contributed by atoms with Gasteiger partial charge in [0.1, 0.15) is 17.7 Å². The molecular formula is C29H36FNO7. The van der Waals surface area contributed by atoms with E-state index in [9.17, 15) is 18.8 Å². The predicted molar refractivity (Wildman–Crippen MR) is 138 cm³/mol. The average Bonchev–Trinajstić information content (AvgIpc) is 2.89. The number of rotatable bonds is 11. The first-order valence-corrected chi connectivity index (χ1v) is 12.9. The van der Waals surface area contributed by atoms with E-state index in [1.54, 1.807) is 13.0 Å². The van der Waals surface area contributed by atoms with Crippen LogP contribution in [0.3, 0.4) is 0 Å². The summed E-state index contributed by atoms with van der Waals surface area (Å²) in [6.45, 7) is 4.64. The second-order valence-corrected chi connectivity index (χ2v) is 9.77. The number of benzene rings is 1. The highest BCUT2D eigenvalue weighted by Gasteiger charge is 2.35. The van der Waals surface area contributed by atoms with Crippen molar-refractivity contribution in [2.45, 2.75) is 71.3 Å². The highest BCUT2D eigenvalue weighted by atomic mass is 19.1. The van der Waals surface area contributed by atoms with Crippen molar-refractivity contribution in [1.29, 1.82) is 0 Å². The van der Waals surface area contributed by atoms with Gasteiger partial charge in [0.05, 0.1) is 20.1 Å². The number of carbonyl (C=O) groups is 3. The number of pyridine rings is 1. The van der Waals surface area contributed by atoms with E-state index in [0.717, 1.165) is 37.7 Å². The van der Waals surface area contributed by atoms with Crippen molar-refractivity contribution >= 4 is 17.7 Å². The molecule has 0 spiro atoms. The monoisotopic (exact) mass is 529 g/mol. The maximum atomic E-state index is 13.9. The number of halogens is 1. The molecule has 3 rings (SSSR count). The molecule has 0 bridgehead atoms. The van der Waals surface area contributed by atoms with Gasteiger partial charge in [-0.3, -0.25) is 14.4 Å². The van der Waals surface area contributed by atoms with Crippen molar-refractivity contribution in [3.63, 3.8) is 0 Å². The zero-order valence-corrected chi connectivity index (χ0v) is 22.6. The molecule has 38 heavy (non-hydrogen) atoms. The van der Waals surface area contributed by atoms with Crippen LogP contribution in [0.15, 0.2) is 30.5 Å². The Kier molecular flexibility index (Phi) is 10.2. The van der Waals surface area contributed by atoms with Crippen LogP contribution in [-0.4, -0.2) is 43.0 Å². The summed E-state index contributed by atoms with van der Waals surface area (Å²) in [5.74, 6) is -2.25. The summed E-state index contributed by atoms with van der Waals surface area (Å²) in [5, 5.41) is 0. The molecule has 206 valence electrons. The number of nitrogens with zero attached hydrogens (tertiary/aromatic N) is 1. The van der Waals surface area contributed by atoms with E-state index in [1.807, 2.05) is 6.92 Å². The van der Waals surface area contributed by atoms with Gasteiger partial charge < -0.3 is 18.9 Å². The summed E-state index contributed by atoms with van der Waals surface area (Å²) >= 11 is 0. The minimum absolute atomic E-state index is 0.0813. The van der Waals surface area contributed by atoms with E-state index in [0.29, 0.717) is 5.75 Å². The highest BCUT2D eigenvalue weighted by Crippen LogP contribution is 2.43. The Morgan fingerprint density at radius 1 is 1.03 bits per heavy atom. The summed E-state index contributed by atoms with van der Waals surface area (Å²) in [4.78, 5) is 41.8. The van der Waals surface area contributed by atoms with Crippen LogP contribution in [0.5, 0.6) is 17.2 Å². The van der Waals surface area contributed by atoms with Crippen LogP contribution in [0.4, 0.5) is 4.39 Å². The Bertz CT molecular complexity index is 1150. The Hall–Kier alpha value is -3.49. The standard InChI is InChI=1S/C29H36FNO7/c1-17(15-23(33)27-28(38-19(3)32)24(35-4)13-14-31-27)29(34)37-18(2)26(20-9-7-6-8-10-20)22-12-11-21(30)16-25(22)36-5/h11-14,16-18,20,26H,6-10,15H2,1-5H3/t17-,18+,26-/m1/s1. The number of methoxy groups -OCH3 is 2. The Labute approximate surface area is 222 Å². The molecule has 0 radical (unpaired) electrons. The third-order valence-electron chi connectivity index (χ3n) is 7.01. The zero-order chi connectivity index (χ0) is 27.8. The molecule has 0 saturated heterocycles. The molecule has 2 aromatic rings. The number of esters is 2. The molecule has 3 atom stereocenters. The fourth-order valence-corrected chi connectivity index (χ4v) is 5.21. The van der Waals surface area contributed by atoms with Crippen molar-refractivity contribution in [2.75, 3.05) is 14.2 Å². The van der Waals surface area contributed by atoms with Gasteiger partial charge in [-0.1, -0.05) is 32.3 Å². The van der Waals surface area contributed by atoms with Crippen LogP contribution in [0, 0.1) is 17.7 Å². The molecule has 0 amide bonds. The number of ketones is 1. The first kappa shape index (κ1) is 29.1. The average molecular weight is 530 g/mol. The second-order valence-electron chi connectivity index (χ2n) is 9.77. The van der Waals surface area contributed by atoms with Gasteiger partial charge >= 0.3 is 11.9 Å². The Balaban J connectivity index is 1.78. The van der Waals surface area contributed by atoms with Crippen molar-refractivity contribution in [3.8, 4) is 17.2 Å². The summed E-state index contributed by atoms with van der Waals surface area (Å²) in [6.07, 6.45) is 5.90. The predicted octanol–water partition coefficient (Wildman–Crippen LogP) is 5.67. The summed E-state index contributed by atoms with van der Waals surface area (Å²) in [7, 11) is 2.88. The molecule has 1 aliphatic carbocycles. The lowest BCUT2D eigenvalue weighted by Gasteiger charge is -2.35. The third kappa shape index (κ3) is 7.08. The van der Waals surface area contributed by atoms with E-state index in [-0.39, 0.29) is 35.4 Å². The number of hydrogen-bond donors (Lipinski definition) is 0. The first-order valence-electron chi connectivity index (χ1n) is 12.9. The van der Waals surface area contributed by atoms with Crippen molar-refractivity contribution in [2.24, 2.45) is 11.8 Å². The molecule has 0 N–H and O–H groups in total. The largest absolute Gasteiger partial charge is 0.496 e. The van der Waals surface area contributed by atoms with Crippen molar-refractivity contribution in [3.05, 3.63) is 47.5 Å². The molecule has 8 nitrogen and oxygen atoms in total. The number of carbonyl (C=O) groups excluding carboxylic acids is 3. The molecule has 1 saturated carbocycles. The molecule has 1 aromatic heterocycles. The lowest BCUT2D eigenvalue weighted by molar-refractivity contribution is -0.154. The Morgan fingerprint density at radius 3 is 2.34 bits per heavy atom. The van der Waals surface area contributed by atoms with Gasteiger partial charge in [0, 0.05) is 43.2 Å². The summed E-state index contributed by atoms with van der Waals surface area (Å²) in [6, 6.07) is 5.92. The fraction of sp³-hybridized carbons (Fsp3) is 0.517. The molecule has 0 unspecified atom stereocenters. The number of Topliss-reactive ketones (excluding diaryl/α,β-unsaturated/α-hetero) is 1. The molecule has 1 aromatic carbocycles. The Morgan fingerprint density at radius 2 is 1.71 bits per heavy atom. The number of ether oxygens (including phenoxy) is 4. The van der Waals surface area contributed by atoms with Crippen molar-refractivity contribution < 1.29 is 37.7 Å². The van der Waals surface area contributed by atoms with Gasteiger partial charge in [0.25, 0.3) is 0 Å². The molecule has 9 heteroatoms. The van der Waals surface area contributed by atoms with E-state index in [1.165, 1.54) is 45.5 Å². The second kappa shape index (κ2) is 13.3. The van der Waals surface area contributed by atoms with E-state index in [2.05, 4.69) is 4.98 Å². The molecule has 1 heterocycles. The van der Waals surface area contributed by atoms with Gasteiger partial charge in [-0.05, 0) is 31.7 Å². The number of hydrogen-bond acceptors (Lipinski definition) is 8. The van der Waals surface area contributed by atoms with Gasteiger partial charge in [-0.15, -0.1) is 0 Å². The van der Waals surface area contributed by atoms with Crippen molar-refractivity contribution in [1.82, 2.24) is 4.98 Å². The van der Waals surface area contributed by atoms with Gasteiger partial charge in [0.2, 0.25) is 5.75 Å². The smallest absolute Gasteiger partial charge is 0.309 e. The minimum Gasteiger partial charge on any atom is -0.496 e. The first-order chi connectivity index (χ1) is 18.2. The zero-order valence-electron chi connectivity index (χ0n) is 22.6. The molecule has 1 fully saturated rings. The molecule has 0 aliphatic heterocycles. The lowest BCUT2D eigenvalue weighted by Crippen LogP contribution is -2.32. The maximum absolute atomic E-state index is 13.9. The minimum atomic E-state index is -0.787. The highest BCUT2D eigenvalue weighted by molar-refractivity contribution is 5.99. The van der Waals surface area contributed by atoms with E-state index >= 15 is 0 Å². The summed E-state index contributed by atoms with van der Waals surface area (Å²) < 4.78 is 35.7. The van der Waals surface area contributed by atoms with Crippen LogP contribution in [0.1, 0.15) is 81.3 Å². The van der Waals surface area contributed by atoms with Gasteiger partial charge in [-0.25, -0.2) is 9.37 Å². The topological polar surface area (TPSA) is 101 Å². The van der Waals surface area contributed by atoms with Gasteiger partial charge in [-0.2, -0.15) is 0 Å². The SMILES string of the molecule is COc1cc(F)ccc1[C@@H](C1CCCCC1)[C@H](C)OC(=O)[C@H](C)CC(=O)c1nccc(OC)c1OC(C)=O. The third-order valence-corrected chi connectivity index (χ3v) is 7.01. The van der Waals surface area contributed by atoms with Gasteiger partial charge in [0.15, 0.2) is 17.2 Å². The fourth-order valence-electron chi connectivity index (χ4n) is 5.21. The summed E-state index contributed by atoms with van der Waals surface area (Å²) in [5.41, 5.74) is 0.708. The van der Waals surface area contributed by atoms with Crippen LogP contribution >= 0.6 is 0 Å². The normalized spacial score (nSPS) is 16.2. The number of aromatic nitrogens is 1. The molecule has 1 aliphatic rings. The quantitative estimate of drug-likeness (QED) is 0.271. The van der Waals surface area contributed by atoms with Crippen LogP contribution in [-0.2, 0) is 14.3 Å².